The molecule has 0 bridgehead atoms. The lowest BCUT2D eigenvalue weighted by Gasteiger charge is -2.21. The summed E-state index contributed by atoms with van der Waals surface area (Å²) in [5.74, 6) is -1.00. The number of aromatic nitrogens is 2. The van der Waals surface area contributed by atoms with Gasteiger partial charge in [0.15, 0.2) is 5.03 Å². The second-order valence-electron chi connectivity index (χ2n) is 8.12. The van der Waals surface area contributed by atoms with Crippen LogP contribution >= 0.6 is 11.6 Å². The molecule has 1 fully saturated rings. The van der Waals surface area contributed by atoms with Crippen molar-refractivity contribution in [3.8, 4) is 0 Å². The highest BCUT2D eigenvalue weighted by Crippen LogP contribution is 2.34. The van der Waals surface area contributed by atoms with E-state index in [4.69, 9.17) is 11.6 Å². The summed E-state index contributed by atoms with van der Waals surface area (Å²) in [6, 6.07) is 8.63. The van der Waals surface area contributed by atoms with E-state index in [-0.39, 0.29) is 29.7 Å². The number of aryl methyl sites for hydroxylation is 1. The Labute approximate surface area is 199 Å². The minimum absolute atomic E-state index is 0.0122. The molecule has 0 unspecified atom stereocenters. The van der Waals surface area contributed by atoms with E-state index in [1.54, 1.807) is 25.2 Å². The number of rotatable bonds is 6. The molecule has 0 amide bonds. The first-order valence-corrected chi connectivity index (χ1v) is 12.1. The van der Waals surface area contributed by atoms with Crippen LogP contribution in [0.4, 0.5) is 17.6 Å². The summed E-state index contributed by atoms with van der Waals surface area (Å²) in [5, 5.41) is 2.98. The number of sulfonamides is 1. The summed E-state index contributed by atoms with van der Waals surface area (Å²) in [4.78, 5) is 3.94. The minimum atomic E-state index is -4.52. The Hall–Kier alpha value is -2.47. The van der Waals surface area contributed by atoms with Gasteiger partial charge < -0.3 is 9.88 Å². The van der Waals surface area contributed by atoms with E-state index < -0.39 is 39.5 Å². The maximum Gasteiger partial charge on any atom is 0.416 e. The number of benzene rings is 2. The molecule has 182 valence electrons. The lowest BCUT2D eigenvalue weighted by atomic mass is 9.93. The summed E-state index contributed by atoms with van der Waals surface area (Å²) in [6.07, 6.45) is -1.76. The van der Waals surface area contributed by atoms with Gasteiger partial charge in [-0.25, -0.2) is 17.8 Å². The van der Waals surface area contributed by atoms with Crippen LogP contribution < -0.4 is 5.32 Å². The molecule has 4 rings (SSSR count). The molecule has 3 aromatic rings. The van der Waals surface area contributed by atoms with Gasteiger partial charge in [0.1, 0.15) is 5.82 Å². The quantitative estimate of drug-likeness (QED) is 0.499. The van der Waals surface area contributed by atoms with Gasteiger partial charge in [-0.05, 0) is 29.3 Å². The number of nitrogens with zero attached hydrogens (tertiary/aromatic N) is 3. The Bertz CT molecular complexity index is 1300. The van der Waals surface area contributed by atoms with Crippen LogP contribution in [-0.4, -0.2) is 41.4 Å². The molecule has 2 heterocycles. The third-order valence-electron chi connectivity index (χ3n) is 5.81. The molecule has 2 atom stereocenters. The van der Waals surface area contributed by atoms with Crippen molar-refractivity contribution in [1.82, 2.24) is 19.2 Å². The number of halogens is 5. The van der Waals surface area contributed by atoms with Crippen molar-refractivity contribution in [3.05, 3.63) is 82.5 Å². The van der Waals surface area contributed by atoms with Crippen molar-refractivity contribution in [3.63, 3.8) is 0 Å². The van der Waals surface area contributed by atoms with Crippen LogP contribution in [0.1, 0.15) is 22.6 Å². The van der Waals surface area contributed by atoms with E-state index in [2.05, 4.69) is 10.3 Å². The van der Waals surface area contributed by atoms with Gasteiger partial charge in [0.2, 0.25) is 0 Å². The van der Waals surface area contributed by atoms with E-state index in [1.165, 1.54) is 33.5 Å². The number of hydrogen-bond donors (Lipinski definition) is 1. The molecule has 2 aromatic carbocycles. The van der Waals surface area contributed by atoms with Gasteiger partial charge in [-0.1, -0.05) is 35.9 Å². The van der Waals surface area contributed by atoms with E-state index in [0.29, 0.717) is 11.1 Å². The average Bonchev–Trinajstić information content (AvgIpc) is 3.40. The highest BCUT2D eigenvalue weighted by Gasteiger charge is 2.41. The zero-order chi connectivity index (χ0) is 24.7. The van der Waals surface area contributed by atoms with Crippen molar-refractivity contribution >= 4 is 21.6 Å². The van der Waals surface area contributed by atoms with Gasteiger partial charge in [-0.3, -0.25) is 0 Å². The van der Waals surface area contributed by atoms with Crippen molar-refractivity contribution in [2.75, 3.05) is 13.1 Å². The molecule has 1 N–H and O–H groups in total. The molecule has 1 aliphatic heterocycles. The molecular formula is C22H21ClF4N4O2S. The van der Waals surface area contributed by atoms with Crippen LogP contribution in [0.15, 0.2) is 60.0 Å². The summed E-state index contributed by atoms with van der Waals surface area (Å²) in [5.41, 5.74) is -0.107. The molecule has 6 nitrogen and oxygen atoms in total. The Morgan fingerprint density at radius 2 is 1.91 bits per heavy atom. The SMILES string of the molecule is Cn1cnc(S(=O)(=O)N2C[C@@H](NCc3ccc(C(F)(F)F)cc3Cl)[C@H](c3ccccc3F)C2)c1. The molecular weight excluding hydrogens is 496 g/mol. The summed E-state index contributed by atoms with van der Waals surface area (Å²) < 4.78 is 82.4. The van der Waals surface area contributed by atoms with Crippen molar-refractivity contribution in [2.24, 2.45) is 7.05 Å². The molecule has 1 saturated heterocycles. The zero-order valence-corrected chi connectivity index (χ0v) is 19.5. The number of hydrogen-bond acceptors (Lipinski definition) is 4. The highest BCUT2D eigenvalue weighted by atomic mass is 35.5. The average molecular weight is 517 g/mol. The molecule has 0 saturated carbocycles. The Balaban J connectivity index is 1.59. The lowest BCUT2D eigenvalue weighted by Crippen LogP contribution is -2.36. The fourth-order valence-electron chi connectivity index (χ4n) is 4.02. The molecule has 1 aromatic heterocycles. The second-order valence-corrected chi connectivity index (χ2v) is 10.4. The Kier molecular flexibility index (Phi) is 6.74. The van der Waals surface area contributed by atoms with Gasteiger partial charge in [0.25, 0.3) is 10.0 Å². The van der Waals surface area contributed by atoms with Crippen LogP contribution in [0.25, 0.3) is 0 Å². The fourth-order valence-corrected chi connectivity index (χ4v) is 5.73. The first-order valence-electron chi connectivity index (χ1n) is 10.3. The van der Waals surface area contributed by atoms with Crippen molar-refractivity contribution in [1.29, 1.82) is 0 Å². The first kappa shape index (κ1) is 24.6. The van der Waals surface area contributed by atoms with Gasteiger partial charge in [0, 0.05) is 49.9 Å². The summed E-state index contributed by atoms with van der Waals surface area (Å²) in [7, 11) is -2.28. The molecule has 34 heavy (non-hydrogen) atoms. The van der Waals surface area contributed by atoms with Crippen LogP contribution in [0, 0.1) is 5.82 Å². The van der Waals surface area contributed by atoms with Gasteiger partial charge in [0.05, 0.1) is 11.9 Å². The normalized spacial score (nSPS) is 19.6. The third kappa shape index (κ3) is 4.97. The number of alkyl halides is 3. The molecule has 12 heteroatoms. The summed E-state index contributed by atoms with van der Waals surface area (Å²) in [6.45, 7) is 0.110. The minimum Gasteiger partial charge on any atom is -0.339 e. The van der Waals surface area contributed by atoms with Crippen LogP contribution in [0.3, 0.4) is 0 Å². The lowest BCUT2D eigenvalue weighted by molar-refractivity contribution is -0.137. The third-order valence-corrected chi connectivity index (χ3v) is 7.88. The smallest absolute Gasteiger partial charge is 0.339 e. The molecule has 0 spiro atoms. The Morgan fingerprint density at radius 3 is 2.53 bits per heavy atom. The molecule has 0 radical (unpaired) electrons. The van der Waals surface area contributed by atoms with Crippen LogP contribution in [0.5, 0.6) is 0 Å². The monoisotopic (exact) mass is 516 g/mol. The van der Waals surface area contributed by atoms with Crippen molar-refractivity contribution < 1.29 is 26.0 Å². The van der Waals surface area contributed by atoms with E-state index in [0.717, 1.165) is 12.1 Å². The van der Waals surface area contributed by atoms with E-state index >= 15 is 0 Å². The van der Waals surface area contributed by atoms with Crippen molar-refractivity contribution in [2.45, 2.75) is 29.7 Å². The fraction of sp³-hybridized carbons (Fsp3) is 0.318. The molecule has 0 aliphatic carbocycles. The standard InChI is InChI=1S/C22H21ClF4N4O2S/c1-30-12-21(29-13-30)34(32,33)31-10-17(16-4-2-3-5-19(16)24)20(11-31)28-9-14-6-7-15(8-18(14)23)22(25,26)27/h2-8,12-13,17,20,28H,9-11H2,1H3/t17-,20+/m0/s1. The Morgan fingerprint density at radius 1 is 1.18 bits per heavy atom. The largest absolute Gasteiger partial charge is 0.416 e. The van der Waals surface area contributed by atoms with Crippen LogP contribution in [0.2, 0.25) is 5.02 Å². The second kappa shape index (κ2) is 9.29. The zero-order valence-electron chi connectivity index (χ0n) is 17.9. The number of nitrogens with one attached hydrogen (secondary N) is 1. The van der Waals surface area contributed by atoms with Gasteiger partial charge >= 0.3 is 6.18 Å². The maximum atomic E-state index is 14.6. The predicted molar refractivity (Wildman–Crippen MR) is 118 cm³/mol. The van der Waals surface area contributed by atoms with Gasteiger partial charge in [-0.15, -0.1) is 0 Å². The highest BCUT2D eigenvalue weighted by molar-refractivity contribution is 7.89. The van der Waals surface area contributed by atoms with Crippen LogP contribution in [-0.2, 0) is 29.8 Å². The predicted octanol–water partition coefficient (Wildman–Crippen LogP) is 4.18. The topological polar surface area (TPSA) is 67.2 Å². The summed E-state index contributed by atoms with van der Waals surface area (Å²) >= 11 is 6.07. The first-order chi connectivity index (χ1) is 16.0. The number of imidazole rings is 1. The molecule has 1 aliphatic rings. The van der Waals surface area contributed by atoms with E-state index in [9.17, 15) is 26.0 Å². The van der Waals surface area contributed by atoms with Gasteiger partial charge in [-0.2, -0.15) is 17.5 Å². The van der Waals surface area contributed by atoms with E-state index in [1.807, 2.05) is 0 Å². The maximum absolute atomic E-state index is 14.6.